The van der Waals surface area contributed by atoms with E-state index in [1.165, 1.54) is 32.4 Å². The van der Waals surface area contributed by atoms with Gasteiger partial charge in [0.1, 0.15) is 11.5 Å². The fourth-order valence-electron chi connectivity index (χ4n) is 3.41. The van der Waals surface area contributed by atoms with E-state index in [1.54, 1.807) is 20.4 Å². The molecular formula is C22H30N4O3S. The van der Waals surface area contributed by atoms with Gasteiger partial charge in [0.2, 0.25) is 0 Å². The van der Waals surface area contributed by atoms with Gasteiger partial charge < -0.3 is 19.8 Å². The Bertz CT molecular complexity index is 1000. The number of H-pyrrole nitrogens is 1. The number of aryl methyl sites for hydroxylation is 1. The number of pyridine rings is 1. The van der Waals surface area contributed by atoms with Crippen LogP contribution in [0.2, 0.25) is 0 Å². The molecule has 0 bridgehead atoms. The number of imidazole rings is 1. The van der Waals surface area contributed by atoms with Crippen LogP contribution >= 0.6 is 0 Å². The van der Waals surface area contributed by atoms with E-state index in [0.29, 0.717) is 5.16 Å². The first-order valence-corrected chi connectivity index (χ1v) is 11.5. The molecule has 0 unspecified atom stereocenters. The summed E-state index contributed by atoms with van der Waals surface area (Å²) in [7, 11) is 1.91. The molecule has 3 heterocycles. The number of benzene rings is 1. The van der Waals surface area contributed by atoms with Crippen LogP contribution in [0.3, 0.4) is 0 Å². The van der Waals surface area contributed by atoms with E-state index in [-0.39, 0.29) is 5.75 Å². The van der Waals surface area contributed by atoms with Crippen molar-refractivity contribution in [2.45, 2.75) is 44.0 Å². The molecule has 7 nitrogen and oxygen atoms in total. The molecule has 1 aliphatic heterocycles. The van der Waals surface area contributed by atoms with Crippen LogP contribution in [-0.2, 0) is 16.6 Å². The number of piperidine rings is 1. The zero-order chi connectivity index (χ0) is 21.5. The Morgan fingerprint density at radius 1 is 1.10 bits per heavy atom. The number of ether oxygens (including phenoxy) is 2. The molecule has 2 N–H and O–H groups in total. The van der Waals surface area contributed by atoms with Gasteiger partial charge in [-0.05, 0) is 51.9 Å². The number of rotatable bonds is 5. The fourth-order valence-corrected chi connectivity index (χ4v) is 4.51. The van der Waals surface area contributed by atoms with Gasteiger partial charge in [-0.15, -0.1) is 0 Å². The number of aromatic amines is 1. The molecule has 1 saturated heterocycles. The molecule has 0 radical (unpaired) electrons. The van der Waals surface area contributed by atoms with Crippen LogP contribution in [-0.4, -0.2) is 46.5 Å². The maximum atomic E-state index is 12.7. The van der Waals surface area contributed by atoms with Gasteiger partial charge in [-0.2, -0.15) is 0 Å². The van der Waals surface area contributed by atoms with Crippen molar-refractivity contribution in [3.05, 3.63) is 41.2 Å². The number of aromatic nitrogens is 3. The molecule has 1 aromatic carbocycles. The van der Waals surface area contributed by atoms with Crippen LogP contribution < -0.4 is 14.8 Å². The van der Waals surface area contributed by atoms with Crippen LogP contribution in [0.4, 0.5) is 0 Å². The number of methoxy groups -OCH3 is 2. The van der Waals surface area contributed by atoms with Crippen LogP contribution in [0.5, 0.6) is 11.5 Å². The van der Waals surface area contributed by atoms with E-state index in [1.807, 2.05) is 32.0 Å². The van der Waals surface area contributed by atoms with Crippen LogP contribution in [0, 0.1) is 13.8 Å². The minimum absolute atomic E-state index is 0.277. The lowest BCUT2D eigenvalue weighted by atomic mass is 10.1. The first kappa shape index (κ1) is 22.2. The van der Waals surface area contributed by atoms with Gasteiger partial charge in [0.25, 0.3) is 0 Å². The van der Waals surface area contributed by atoms with E-state index < -0.39 is 10.8 Å². The molecular weight excluding hydrogens is 400 g/mol. The lowest BCUT2D eigenvalue weighted by molar-refractivity contribution is 0.407. The summed E-state index contributed by atoms with van der Waals surface area (Å²) in [5.74, 6) is 1.79. The van der Waals surface area contributed by atoms with Crippen molar-refractivity contribution in [3.63, 3.8) is 0 Å². The predicted octanol–water partition coefficient (Wildman–Crippen LogP) is 3.66. The second kappa shape index (κ2) is 10.5. The molecule has 0 saturated carbocycles. The topological polar surface area (TPSA) is 89.1 Å². The summed E-state index contributed by atoms with van der Waals surface area (Å²) in [5.41, 5.74) is 4.16. The van der Waals surface area contributed by atoms with Crippen molar-refractivity contribution in [1.29, 1.82) is 0 Å². The Hall–Kier alpha value is -2.45. The summed E-state index contributed by atoms with van der Waals surface area (Å²) >= 11 is 0. The van der Waals surface area contributed by atoms with Gasteiger partial charge in [0.15, 0.2) is 5.16 Å². The van der Waals surface area contributed by atoms with Crippen molar-refractivity contribution >= 4 is 21.8 Å². The third-order valence-corrected chi connectivity index (χ3v) is 6.27. The number of hydrogen-bond donors (Lipinski definition) is 2. The summed E-state index contributed by atoms with van der Waals surface area (Å²) < 4.78 is 23.3. The van der Waals surface area contributed by atoms with Crippen LogP contribution in [0.15, 0.2) is 29.6 Å². The number of nitrogens with zero attached hydrogens (tertiary/aromatic N) is 2. The molecule has 1 atom stereocenters. The van der Waals surface area contributed by atoms with Gasteiger partial charge in [0.05, 0.1) is 47.5 Å². The van der Waals surface area contributed by atoms with E-state index >= 15 is 0 Å². The molecule has 30 heavy (non-hydrogen) atoms. The van der Waals surface area contributed by atoms with Crippen LogP contribution in [0.1, 0.15) is 36.1 Å². The molecule has 0 spiro atoms. The molecule has 3 aromatic rings. The third kappa shape index (κ3) is 5.37. The Morgan fingerprint density at radius 3 is 2.47 bits per heavy atom. The molecule has 1 aliphatic rings. The average molecular weight is 431 g/mol. The maximum Gasteiger partial charge on any atom is 0.197 e. The summed E-state index contributed by atoms with van der Waals surface area (Å²) in [5, 5.41) is 3.71. The second-order valence-corrected chi connectivity index (χ2v) is 8.64. The minimum atomic E-state index is -1.33. The number of nitrogens with one attached hydrogen (secondary N) is 2. The van der Waals surface area contributed by atoms with E-state index in [9.17, 15) is 4.21 Å². The van der Waals surface area contributed by atoms with E-state index in [0.717, 1.165) is 39.4 Å². The highest BCUT2D eigenvalue weighted by Crippen LogP contribution is 2.26. The average Bonchev–Trinajstić information content (AvgIpc) is 3.21. The highest BCUT2D eigenvalue weighted by atomic mass is 32.2. The van der Waals surface area contributed by atoms with Gasteiger partial charge >= 0.3 is 0 Å². The zero-order valence-electron chi connectivity index (χ0n) is 18.1. The monoisotopic (exact) mass is 430 g/mol. The van der Waals surface area contributed by atoms with Crippen molar-refractivity contribution in [2.75, 3.05) is 27.3 Å². The lowest BCUT2D eigenvalue weighted by Crippen LogP contribution is -2.21. The largest absolute Gasteiger partial charge is 0.497 e. The second-order valence-electron chi connectivity index (χ2n) is 7.27. The third-order valence-electron chi connectivity index (χ3n) is 5.11. The fraction of sp³-hybridized carbons (Fsp3) is 0.455. The Balaban J connectivity index is 0.000000367. The van der Waals surface area contributed by atoms with Crippen LogP contribution in [0.25, 0.3) is 11.0 Å². The van der Waals surface area contributed by atoms with Gasteiger partial charge in [-0.3, -0.25) is 9.19 Å². The lowest BCUT2D eigenvalue weighted by Gasteiger charge is -2.11. The predicted molar refractivity (Wildman–Crippen MR) is 120 cm³/mol. The molecule has 1 fully saturated rings. The highest BCUT2D eigenvalue weighted by molar-refractivity contribution is 7.84. The first-order valence-electron chi connectivity index (χ1n) is 10.2. The minimum Gasteiger partial charge on any atom is -0.497 e. The first-order chi connectivity index (χ1) is 14.5. The van der Waals surface area contributed by atoms with Gasteiger partial charge in [0, 0.05) is 23.4 Å². The van der Waals surface area contributed by atoms with Crippen molar-refractivity contribution in [2.24, 2.45) is 0 Å². The highest BCUT2D eigenvalue weighted by Gasteiger charge is 2.16. The Kier molecular flexibility index (Phi) is 7.81. The number of hydrogen-bond acceptors (Lipinski definition) is 6. The van der Waals surface area contributed by atoms with E-state index in [4.69, 9.17) is 9.47 Å². The molecule has 4 rings (SSSR count). The van der Waals surface area contributed by atoms with E-state index in [2.05, 4.69) is 20.3 Å². The summed E-state index contributed by atoms with van der Waals surface area (Å²) in [6.45, 7) is 6.36. The van der Waals surface area contributed by atoms with Crippen molar-refractivity contribution in [1.82, 2.24) is 20.3 Å². The molecule has 162 valence electrons. The molecule has 0 amide bonds. The van der Waals surface area contributed by atoms with Gasteiger partial charge in [-0.1, -0.05) is 6.42 Å². The summed E-state index contributed by atoms with van der Waals surface area (Å²) in [6.07, 6.45) is 5.95. The Labute approximate surface area is 180 Å². The number of fused-ring (bicyclic) bond motifs is 1. The zero-order valence-corrected chi connectivity index (χ0v) is 18.9. The normalized spacial score (nSPS) is 14.7. The maximum absolute atomic E-state index is 12.7. The Morgan fingerprint density at radius 2 is 1.87 bits per heavy atom. The quantitative estimate of drug-likeness (QED) is 0.642. The summed E-state index contributed by atoms with van der Waals surface area (Å²) in [6, 6.07) is 5.50. The molecule has 8 heteroatoms. The smallest absolute Gasteiger partial charge is 0.197 e. The molecule has 2 aromatic heterocycles. The van der Waals surface area contributed by atoms with Crippen molar-refractivity contribution in [3.8, 4) is 11.5 Å². The SMILES string of the molecule is C1CCNCC1.COc1ccc2nc([S@](=O)Cc3ncc(C)c(OC)c3C)[nH]c2c1. The summed E-state index contributed by atoms with van der Waals surface area (Å²) in [4.78, 5) is 11.9. The molecule has 0 aliphatic carbocycles. The standard InChI is InChI=1S/C17H19N3O3S.C5H11N/c1-10-8-18-15(11(2)16(10)23-4)9-24(21)17-19-13-6-5-12(22-3)7-14(13)20-17;1-2-4-6-5-3-1/h5-8H,9H2,1-4H3,(H,19,20);6H,1-5H2/t24-;/m1./s1. The van der Waals surface area contributed by atoms with Crippen molar-refractivity contribution < 1.29 is 13.7 Å². The van der Waals surface area contributed by atoms with Gasteiger partial charge in [-0.25, -0.2) is 4.98 Å².